The monoisotopic (exact) mass is 253 g/mol. The van der Waals surface area contributed by atoms with Crippen LogP contribution >= 0.6 is 11.6 Å². The Hall–Kier alpha value is -1.88. The zero-order chi connectivity index (χ0) is 12.4. The van der Waals surface area contributed by atoms with Gasteiger partial charge in [-0.3, -0.25) is 9.59 Å². The van der Waals surface area contributed by atoms with Crippen molar-refractivity contribution in [1.82, 2.24) is 5.32 Å². The van der Waals surface area contributed by atoms with Crippen LogP contribution < -0.4 is 5.32 Å². The summed E-state index contributed by atoms with van der Waals surface area (Å²) < 4.78 is 4.32. The molecule has 6 heteroatoms. The van der Waals surface area contributed by atoms with E-state index in [1.54, 1.807) is 12.1 Å². The van der Waals surface area contributed by atoms with E-state index in [-0.39, 0.29) is 6.42 Å². The van der Waals surface area contributed by atoms with E-state index in [4.69, 9.17) is 11.6 Å². The van der Waals surface area contributed by atoms with Crippen LogP contribution in [0.4, 0.5) is 0 Å². The van der Waals surface area contributed by atoms with Crippen molar-refractivity contribution in [3.63, 3.8) is 0 Å². The number of carbonyl (C=O) groups is 3. The quantitative estimate of drug-likeness (QED) is 0.628. The average molecular weight is 254 g/mol. The van der Waals surface area contributed by atoms with E-state index in [1.165, 1.54) is 12.1 Å². The number of cyclic esters (lactones) is 2. The van der Waals surface area contributed by atoms with Crippen molar-refractivity contribution in [2.45, 2.75) is 12.5 Å². The Morgan fingerprint density at radius 2 is 1.94 bits per heavy atom. The van der Waals surface area contributed by atoms with Crippen LogP contribution in [0.5, 0.6) is 0 Å². The van der Waals surface area contributed by atoms with Gasteiger partial charge in [-0.25, -0.2) is 4.79 Å². The average Bonchev–Trinajstić information content (AvgIpc) is 2.58. The Morgan fingerprint density at radius 3 is 2.47 bits per heavy atom. The minimum atomic E-state index is -0.898. The molecule has 1 heterocycles. The van der Waals surface area contributed by atoms with Gasteiger partial charge in [0.15, 0.2) is 0 Å². The third-order valence-electron chi connectivity index (χ3n) is 2.28. The summed E-state index contributed by atoms with van der Waals surface area (Å²) in [6.45, 7) is 0. The highest BCUT2D eigenvalue weighted by Gasteiger charge is 2.34. The molecule has 1 atom stereocenters. The van der Waals surface area contributed by atoms with Gasteiger partial charge in [-0.05, 0) is 24.3 Å². The van der Waals surface area contributed by atoms with Gasteiger partial charge in [0.1, 0.15) is 6.04 Å². The molecular formula is C11H8ClNO4. The number of esters is 2. The number of hydrogen-bond acceptors (Lipinski definition) is 4. The molecule has 1 aromatic rings. The highest BCUT2D eigenvalue weighted by molar-refractivity contribution is 6.30. The maximum atomic E-state index is 11.7. The van der Waals surface area contributed by atoms with Gasteiger partial charge in [0.2, 0.25) is 0 Å². The van der Waals surface area contributed by atoms with E-state index in [9.17, 15) is 14.4 Å². The predicted molar refractivity (Wildman–Crippen MR) is 58.4 cm³/mol. The summed E-state index contributed by atoms with van der Waals surface area (Å²) in [6, 6.07) is 5.29. The minimum Gasteiger partial charge on any atom is -0.392 e. The molecule has 0 radical (unpaired) electrons. The smallest absolute Gasteiger partial charge is 0.336 e. The van der Waals surface area contributed by atoms with Gasteiger partial charge < -0.3 is 10.1 Å². The van der Waals surface area contributed by atoms with Crippen molar-refractivity contribution in [3.8, 4) is 0 Å². The SMILES string of the molecule is O=C1CC(NC(=O)c2ccc(Cl)cc2)C(=O)O1. The van der Waals surface area contributed by atoms with Crippen LogP contribution in [0.1, 0.15) is 16.8 Å². The Balaban J connectivity index is 2.04. The van der Waals surface area contributed by atoms with Crippen molar-refractivity contribution in [1.29, 1.82) is 0 Å². The third-order valence-corrected chi connectivity index (χ3v) is 2.53. The maximum Gasteiger partial charge on any atom is 0.336 e. The molecule has 5 nitrogen and oxygen atoms in total. The fraction of sp³-hybridized carbons (Fsp3) is 0.182. The predicted octanol–water partition coefficient (Wildman–Crippen LogP) is 0.912. The molecule has 1 saturated heterocycles. The lowest BCUT2D eigenvalue weighted by Crippen LogP contribution is -2.37. The van der Waals surface area contributed by atoms with Gasteiger partial charge in [0.05, 0.1) is 6.42 Å². The molecule has 1 fully saturated rings. The number of carbonyl (C=O) groups excluding carboxylic acids is 3. The van der Waals surface area contributed by atoms with E-state index in [0.29, 0.717) is 10.6 Å². The normalized spacial score (nSPS) is 19.0. The number of hydrogen-bond donors (Lipinski definition) is 1. The molecule has 1 aliphatic heterocycles. The first-order chi connectivity index (χ1) is 8.06. The minimum absolute atomic E-state index is 0.127. The molecule has 1 aromatic carbocycles. The molecule has 0 bridgehead atoms. The summed E-state index contributed by atoms with van der Waals surface area (Å²) in [5.41, 5.74) is 0.363. The maximum absolute atomic E-state index is 11.7. The first-order valence-electron chi connectivity index (χ1n) is 4.87. The van der Waals surface area contributed by atoms with Gasteiger partial charge in [0.25, 0.3) is 5.91 Å². The second-order valence-electron chi connectivity index (χ2n) is 3.53. The molecule has 2 rings (SSSR count). The van der Waals surface area contributed by atoms with Crippen molar-refractivity contribution < 1.29 is 19.1 Å². The molecule has 17 heavy (non-hydrogen) atoms. The number of rotatable bonds is 2. The standard InChI is InChI=1S/C11H8ClNO4/c12-7-3-1-6(2-4-7)10(15)13-8-5-9(14)17-11(8)16/h1-4,8H,5H2,(H,13,15). The highest BCUT2D eigenvalue weighted by Crippen LogP contribution is 2.12. The Morgan fingerprint density at radius 1 is 1.29 bits per heavy atom. The first kappa shape index (κ1) is 11.6. The fourth-order valence-electron chi connectivity index (χ4n) is 1.43. The van der Waals surface area contributed by atoms with Crippen LogP contribution in [-0.4, -0.2) is 23.9 Å². The van der Waals surface area contributed by atoms with Crippen LogP contribution in [0.2, 0.25) is 5.02 Å². The van der Waals surface area contributed by atoms with Crippen LogP contribution in [0.3, 0.4) is 0 Å². The topological polar surface area (TPSA) is 72.5 Å². The lowest BCUT2D eigenvalue weighted by Gasteiger charge is -2.07. The van der Waals surface area contributed by atoms with Crippen LogP contribution in [0, 0.1) is 0 Å². The van der Waals surface area contributed by atoms with E-state index in [1.807, 2.05) is 0 Å². The molecule has 88 valence electrons. The summed E-state index contributed by atoms with van der Waals surface area (Å²) in [5, 5.41) is 2.93. The van der Waals surface area contributed by atoms with Gasteiger partial charge in [0, 0.05) is 10.6 Å². The largest absolute Gasteiger partial charge is 0.392 e. The molecule has 1 N–H and O–H groups in total. The first-order valence-corrected chi connectivity index (χ1v) is 5.25. The molecule has 0 aromatic heterocycles. The zero-order valence-corrected chi connectivity index (χ0v) is 9.36. The molecule has 0 aliphatic carbocycles. The Bertz CT molecular complexity index is 483. The van der Waals surface area contributed by atoms with Gasteiger partial charge in [-0.1, -0.05) is 11.6 Å². The van der Waals surface area contributed by atoms with Crippen LogP contribution in [0.15, 0.2) is 24.3 Å². The summed E-state index contributed by atoms with van der Waals surface area (Å²) in [4.78, 5) is 33.6. The molecular weight excluding hydrogens is 246 g/mol. The van der Waals surface area contributed by atoms with Gasteiger partial charge >= 0.3 is 11.9 Å². The third kappa shape index (κ3) is 2.62. The number of benzene rings is 1. The van der Waals surface area contributed by atoms with E-state index < -0.39 is 23.9 Å². The molecule has 1 unspecified atom stereocenters. The van der Waals surface area contributed by atoms with Crippen LogP contribution in [0.25, 0.3) is 0 Å². The van der Waals surface area contributed by atoms with E-state index >= 15 is 0 Å². The van der Waals surface area contributed by atoms with E-state index in [2.05, 4.69) is 10.1 Å². The zero-order valence-electron chi connectivity index (χ0n) is 8.60. The summed E-state index contributed by atoms with van der Waals surface area (Å²) >= 11 is 5.68. The van der Waals surface area contributed by atoms with E-state index in [0.717, 1.165) is 0 Å². The fourth-order valence-corrected chi connectivity index (χ4v) is 1.55. The summed E-state index contributed by atoms with van der Waals surface area (Å²) in [6.07, 6.45) is -0.127. The van der Waals surface area contributed by atoms with Crippen molar-refractivity contribution in [3.05, 3.63) is 34.9 Å². The van der Waals surface area contributed by atoms with Gasteiger partial charge in [-0.15, -0.1) is 0 Å². The number of nitrogens with one attached hydrogen (secondary N) is 1. The van der Waals surface area contributed by atoms with Crippen molar-refractivity contribution in [2.75, 3.05) is 0 Å². The summed E-state index contributed by atoms with van der Waals surface area (Å²) in [7, 11) is 0. The number of amides is 1. The number of halogens is 1. The molecule has 0 saturated carbocycles. The Kier molecular flexibility index (Phi) is 3.10. The summed E-state index contributed by atoms with van der Waals surface area (Å²) in [5.74, 6) is -1.80. The van der Waals surface area contributed by atoms with Crippen LogP contribution in [-0.2, 0) is 14.3 Å². The van der Waals surface area contributed by atoms with Gasteiger partial charge in [-0.2, -0.15) is 0 Å². The molecule has 1 amide bonds. The highest BCUT2D eigenvalue weighted by atomic mass is 35.5. The lowest BCUT2D eigenvalue weighted by molar-refractivity contribution is -0.152. The number of ether oxygens (including phenoxy) is 1. The second-order valence-corrected chi connectivity index (χ2v) is 3.97. The molecule has 0 spiro atoms. The second kappa shape index (κ2) is 4.55. The lowest BCUT2D eigenvalue weighted by atomic mass is 10.2. The Labute approximate surface area is 102 Å². The van der Waals surface area contributed by atoms with Crippen molar-refractivity contribution in [2.24, 2.45) is 0 Å². The van der Waals surface area contributed by atoms with Crippen molar-refractivity contribution >= 4 is 29.4 Å². The molecule has 1 aliphatic rings.